The summed E-state index contributed by atoms with van der Waals surface area (Å²) in [5.41, 5.74) is 0.992. The molecule has 3 rings (SSSR count). The highest BCUT2D eigenvalue weighted by Gasteiger charge is 2.32. The Hall–Kier alpha value is -0.920. The van der Waals surface area contributed by atoms with Crippen molar-refractivity contribution in [3.63, 3.8) is 0 Å². The zero-order valence-corrected chi connectivity index (χ0v) is 14.5. The number of hydrogen-bond acceptors (Lipinski definition) is 0. The van der Waals surface area contributed by atoms with E-state index in [-0.39, 0.29) is 0 Å². The Labute approximate surface area is 139 Å². The minimum atomic E-state index is -0.732. The van der Waals surface area contributed by atoms with Crippen LogP contribution in [0.2, 0.25) is 0 Å². The second-order valence-corrected chi connectivity index (χ2v) is 8.20. The Morgan fingerprint density at radius 3 is 1.87 bits per heavy atom. The van der Waals surface area contributed by atoms with Crippen molar-refractivity contribution in [2.45, 2.75) is 71.1 Å². The molecule has 2 heteroatoms. The quantitative estimate of drug-likeness (QED) is 0.581. The van der Waals surface area contributed by atoms with Gasteiger partial charge in [-0.25, -0.2) is 8.78 Å². The summed E-state index contributed by atoms with van der Waals surface area (Å²) in [7, 11) is 0. The van der Waals surface area contributed by atoms with E-state index in [1.807, 2.05) is 0 Å². The lowest BCUT2D eigenvalue weighted by atomic mass is 9.67. The molecule has 0 heterocycles. The minimum absolute atomic E-state index is 0.424. The third-order valence-corrected chi connectivity index (χ3v) is 6.61. The van der Waals surface area contributed by atoms with E-state index in [2.05, 4.69) is 13.8 Å². The van der Waals surface area contributed by atoms with Crippen molar-refractivity contribution in [3.8, 4) is 0 Å². The fourth-order valence-electron chi connectivity index (χ4n) is 4.97. The van der Waals surface area contributed by atoms with E-state index < -0.39 is 11.6 Å². The molecular formula is C21H30F2. The molecule has 0 bridgehead atoms. The van der Waals surface area contributed by atoms with Gasteiger partial charge in [0.25, 0.3) is 0 Å². The van der Waals surface area contributed by atoms with Gasteiger partial charge in [-0.1, -0.05) is 19.9 Å². The average Bonchev–Trinajstić information content (AvgIpc) is 2.57. The van der Waals surface area contributed by atoms with Gasteiger partial charge in [0.05, 0.1) is 0 Å². The number of benzene rings is 1. The first-order valence-corrected chi connectivity index (χ1v) is 9.49. The molecule has 1 aromatic rings. The molecule has 0 N–H and O–H groups in total. The zero-order chi connectivity index (χ0) is 16.4. The van der Waals surface area contributed by atoms with E-state index in [0.29, 0.717) is 5.92 Å². The fourth-order valence-corrected chi connectivity index (χ4v) is 4.97. The largest absolute Gasteiger partial charge is 0.204 e. The van der Waals surface area contributed by atoms with Gasteiger partial charge in [0.2, 0.25) is 0 Å². The highest BCUT2D eigenvalue weighted by Crippen LogP contribution is 2.44. The molecule has 0 amide bonds. The van der Waals surface area contributed by atoms with Crippen LogP contribution in [0.25, 0.3) is 0 Å². The lowest BCUT2D eigenvalue weighted by Gasteiger charge is -2.39. The van der Waals surface area contributed by atoms with Crippen LogP contribution >= 0.6 is 0 Å². The van der Waals surface area contributed by atoms with Crippen molar-refractivity contribution in [2.24, 2.45) is 23.7 Å². The van der Waals surface area contributed by atoms with Crippen LogP contribution in [-0.4, -0.2) is 0 Å². The summed E-state index contributed by atoms with van der Waals surface area (Å²) in [6.07, 6.45) is 10.4. The van der Waals surface area contributed by atoms with Crippen molar-refractivity contribution < 1.29 is 8.78 Å². The number of hydrogen-bond donors (Lipinski definition) is 0. The maximum absolute atomic E-state index is 13.4. The predicted octanol–water partition coefficient (Wildman–Crippen LogP) is 6.70. The van der Waals surface area contributed by atoms with Crippen LogP contribution in [-0.2, 0) is 0 Å². The highest BCUT2D eigenvalue weighted by molar-refractivity contribution is 5.22. The van der Waals surface area contributed by atoms with Crippen molar-refractivity contribution in [2.75, 3.05) is 0 Å². The summed E-state index contributed by atoms with van der Waals surface area (Å²) in [4.78, 5) is 0. The standard InChI is InChI=1S/C21H30F2/c1-14(2)15-3-5-16(6-4-15)17-7-9-18(10-8-17)19-11-12-20(22)21(23)13-19/h11-18H,3-10H2,1-2H3. The molecule has 2 aliphatic carbocycles. The summed E-state index contributed by atoms with van der Waals surface area (Å²) in [6, 6.07) is 4.47. The van der Waals surface area contributed by atoms with Crippen molar-refractivity contribution in [1.29, 1.82) is 0 Å². The molecule has 2 saturated carbocycles. The molecular weight excluding hydrogens is 290 g/mol. The lowest BCUT2D eigenvalue weighted by molar-refractivity contribution is 0.142. The van der Waals surface area contributed by atoms with Crippen molar-refractivity contribution >= 4 is 0 Å². The van der Waals surface area contributed by atoms with E-state index >= 15 is 0 Å². The van der Waals surface area contributed by atoms with Gasteiger partial charge in [-0.3, -0.25) is 0 Å². The monoisotopic (exact) mass is 320 g/mol. The molecule has 0 radical (unpaired) electrons. The van der Waals surface area contributed by atoms with Gasteiger partial charge in [-0.2, -0.15) is 0 Å². The molecule has 0 unspecified atom stereocenters. The maximum atomic E-state index is 13.4. The molecule has 2 fully saturated rings. The fraction of sp³-hybridized carbons (Fsp3) is 0.714. The van der Waals surface area contributed by atoms with E-state index in [1.165, 1.54) is 50.7 Å². The normalized spacial score (nSPS) is 32.2. The van der Waals surface area contributed by atoms with Crippen molar-refractivity contribution in [3.05, 3.63) is 35.4 Å². The van der Waals surface area contributed by atoms with Crippen molar-refractivity contribution in [1.82, 2.24) is 0 Å². The predicted molar refractivity (Wildman–Crippen MR) is 91.3 cm³/mol. The Morgan fingerprint density at radius 2 is 1.35 bits per heavy atom. The van der Waals surface area contributed by atoms with Crippen LogP contribution in [0.4, 0.5) is 8.78 Å². The first-order chi connectivity index (χ1) is 11.0. The van der Waals surface area contributed by atoms with Gasteiger partial charge in [-0.05, 0) is 98.7 Å². The van der Waals surface area contributed by atoms with Gasteiger partial charge in [0, 0.05) is 0 Å². The van der Waals surface area contributed by atoms with Gasteiger partial charge < -0.3 is 0 Å². The van der Waals surface area contributed by atoms with Gasteiger partial charge in [0.15, 0.2) is 11.6 Å². The van der Waals surface area contributed by atoms with Crippen LogP contribution in [0.1, 0.15) is 76.7 Å². The summed E-state index contributed by atoms with van der Waals surface area (Å²) >= 11 is 0. The smallest absolute Gasteiger partial charge is 0.159 e. The summed E-state index contributed by atoms with van der Waals surface area (Å²) in [5.74, 6) is 2.54. The molecule has 0 spiro atoms. The molecule has 1 aromatic carbocycles. The Kier molecular flexibility index (Phi) is 5.38. The summed E-state index contributed by atoms with van der Waals surface area (Å²) in [5, 5.41) is 0. The summed E-state index contributed by atoms with van der Waals surface area (Å²) in [6.45, 7) is 4.72. The third-order valence-electron chi connectivity index (χ3n) is 6.61. The van der Waals surface area contributed by atoms with Crippen LogP contribution in [0.5, 0.6) is 0 Å². The molecule has 0 aromatic heterocycles. The Balaban J connectivity index is 1.51. The van der Waals surface area contributed by atoms with Crippen LogP contribution in [0.3, 0.4) is 0 Å². The topological polar surface area (TPSA) is 0 Å². The van der Waals surface area contributed by atoms with Crippen LogP contribution in [0.15, 0.2) is 18.2 Å². The third kappa shape index (κ3) is 3.95. The van der Waals surface area contributed by atoms with E-state index in [0.717, 1.165) is 42.1 Å². The highest BCUT2D eigenvalue weighted by atomic mass is 19.2. The van der Waals surface area contributed by atoms with Gasteiger partial charge in [-0.15, -0.1) is 0 Å². The van der Waals surface area contributed by atoms with Gasteiger partial charge in [0.1, 0.15) is 0 Å². The van der Waals surface area contributed by atoms with Crippen LogP contribution in [0, 0.1) is 35.3 Å². The number of halogens is 2. The first-order valence-electron chi connectivity index (χ1n) is 9.49. The van der Waals surface area contributed by atoms with E-state index in [1.54, 1.807) is 6.07 Å². The average molecular weight is 320 g/mol. The minimum Gasteiger partial charge on any atom is -0.204 e. The van der Waals surface area contributed by atoms with Crippen LogP contribution < -0.4 is 0 Å². The second-order valence-electron chi connectivity index (χ2n) is 8.20. The molecule has 23 heavy (non-hydrogen) atoms. The Morgan fingerprint density at radius 1 is 0.783 bits per heavy atom. The number of rotatable bonds is 3. The maximum Gasteiger partial charge on any atom is 0.159 e. The SMILES string of the molecule is CC(C)C1CCC(C2CCC(c3ccc(F)c(F)c3)CC2)CC1. The molecule has 2 aliphatic rings. The van der Waals surface area contributed by atoms with E-state index in [9.17, 15) is 8.78 Å². The molecule has 0 saturated heterocycles. The second kappa shape index (κ2) is 7.32. The summed E-state index contributed by atoms with van der Waals surface area (Å²) < 4.78 is 26.5. The first kappa shape index (κ1) is 16.9. The lowest BCUT2D eigenvalue weighted by Crippen LogP contribution is -2.26. The van der Waals surface area contributed by atoms with Gasteiger partial charge >= 0.3 is 0 Å². The molecule has 128 valence electrons. The molecule has 0 atom stereocenters. The van der Waals surface area contributed by atoms with E-state index in [4.69, 9.17) is 0 Å². The zero-order valence-electron chi connectivity index (χ0n) is 14.5. The molecule has 0 nitrogen and oxygen atoms in total. The molecule has 0 aliphatic heterocycles. The Bertz CT molecular complexity index is 507.